The molecule has 0 aromatic heterocycles. The monoisotopic (exact) mass is 238 g/mol. The lowest BCUT2D eigenvalue weighted by Crippen LogP contribution is -2.55. The van der Waals surface area contributed by atoms with Crippen molar-refractivity contribution in [1.29, 1.82) is 0 Å². The average molecular weight is 238 g/mol. The average Bonchev–Trinajstić information content (AvgIpc) is 2.11. The highest BCUT2D eigenvalue weighted by Gasteiger charge is 2.72. The Balaban J connectivity index is 5.39. The summed E-state index contributed by atoms with van der Waals surface area (Å²) in [6.45, 7) is 0.811. The highest BCUT2D eigenvalue weighted by Crippen LogP contribution is 2.20. The number of nitrogens with zero attached hydrogens (tertiary/aromatic N) is 4. The standard InChI is InChI=1S/C4H6N4O8/c1-3(5(9)10)2-4(6(11)12,7(13)14)8(15)16/h3H,2H2,1H3. The Kier molecular flexibility index (Phi) is 3.75. The molecule has 0 radical (unpaired) electrons. The molecule has 90 valence electrons. The minimum absolute atomic E-state index is 0.811. The molecule has 0 aromatic rings. The van der Waals surface area contributed by atoms with Gasteiger partial charge in [0.1, 0.15) is 0 Å². The molecule has 12 nitrogen and oxygen atoms in total. The highest BCUT2D eigenvalue weighted by molar-refractivity contribution is 4.59. The van der Waals surface area contributed by atoms with Gasteiger partial charge in [-0.05, 0) is 0 Å². The summed E-state index contributed by atoms with van der Waals surface area (Å²) in [5, 5.41) is 41.3. The van der Waals surface area contributed by atoms with Crippen molar-refractivity contribution in [2.75, 3.05) is 0 Å². The number of nitro groups is 4. The van der Waals surface area contributed by atoms with E-state index >= 15 is 0 Å². The van der Waals surface area contributed by atoms with Crippen LogP contribution in [-0.4, -0.2) is 31.5 Å². The van der Waals surface area contributed by atoms with Crippen LogP contribution in [0.2, 0.25) is 0 Å². The van der Waals surface area contributed by atoms with E-state index in [0.29, 0.717) is 0 Å². The molecule has 0 aliphatic heterocycles. The maximum Gasteiger partial charge on any atom is 0.706 e. The van der Waals surface area contributed by atoms with Crippen molar-refractivity contribution in [3.63, 3.8) is 0 Å². The van der Waals surface area contributed by atoms with Gasteiger partial charge in [0, 0.05) is 11.8 Å². The lowest BCUT2D eigenvalue weighted by atomic mass is 10.1. The van der Waals surface area contributed by atoms with Gasteiger partial charge in [-0.1, -0.05) is 0 Å². The maximum absolute atomic E-state index is 10.4. The van der Waals surface area contributed by atoms with Gasteiger partial charge in [-0.15, -0.1) is 0 Å². The summed E-state index contributed by atoms with van der Waals surface area (Å²) in [6, 6.07) is -1.78. The van der Waals surface area contributed by atoms with Crippen LogP contribution in [0.1, 0.15) is 13.3 Å². The summed E-state index contributed by atoms with van der Waals surface area (Å²) in [4.78, 5) is 35.0. The van der Waals surface area contributed by atoms with Gasteiger partial charge < -0.3 is 0 Å². The molecular weight excluding hydrogens is 232 g/mol. The molecule has 0 saturated heterocycles. The fraction of sp³-hybridized carbons (Fsp3) is 1.00. The molecule has 0 saturated carbocycles. The van der Waals surface area contributed by atoms with E-state index in [2.05, 4.69) is 0 Å². The minimum atomic E-state index is -3.77. The fourth-order valence-corrected chi connectivity index (χ4v) is 0.894. The summed E-state index contributed by atoms with van der Waals surface area (Å²) in [5.74, 6) is -3.77. The fourth-order valence-electron chi connectivity index (χ4n) is 0.894. The van der Waals surface area contributed by atoms with Crippen LogP contribution in [0.4, 0.5) is 0 Å². The van der Waals surface area contributed by atoms with Crippen LogP contribution in [0.3, 0.4) is 0 Å². The van der Waals surface area contributed by atoms with Crippen LogP contribution < -0.4 is 0 Å². The van der Waals surface area contributed by atoms with E-state index < -0.39 is 37.9 Å². The van der Waals surface area contributed by atoms with Gasteiger partial charge in [-0.3, -0.25) is 40.5 Å². The lowest BCUT2D eigenvalue weighted by molar-refractivity contribution is -0.972. The molecule has 1 atom stereocenters. The first-order chi connectivity index (χ1) is 7.16. The summed E-state index contributed by atoms with van der Waals surface area (Å²) in [5.41, 5.74) is 0. The molecule has 0 N–H and O–H groups in total. The summed E-state index contributed by atoms with van der Waals surface area (Å²) in [7, 11) is 0. The van der Waals surface area contributed by atoms with Crippen molar-refractivity contribution in [3.05, 3.63) is 40.5 Å². The molecule has 0 rings (SSSR count). The molecule has 0 amide bonds. The minimum Gasteiger partial charge on any atom is -0.264 e. The number of rotatable bonds is 6. The zero-order valence-corrected chi connectivity index (χ0v) is 7.84. The number of hydrogen-bond donors (Lipinski definition) is 0. The van der Waals surface area contributed by atoms with Gasteiger partial charge in [-0.2, -0.15) is 0 Å². The first-order valence-corrected chi connectivity index (χ1v) is 3.73. The maximum atomic E-state index is 10.4. The number of hydrogen-bond acceptors (Lipinski definition) is 8. The van der Waals surface area contributed by atoms with Crippen molar-refractivity contribution < 1.29 is 19.7 Å². The molecular formula is C4H6N4O8. The molecule has 0 fully saturated rings. The van der Waals surface area contributed by atoms with E-state index in [1.54, 1.807) is 0 Å². The zero-order chi connectivity index (χ0) is 13.1. The van der Waals surface area contributed by atoms with Crippen molar-refractivity contribution in [1.82, 2.24) is 0 Å². The third kappa shape index (κ3) is 2.15. The predicted molar refractivity (Wildman–Crippen MR) is 44.8 cm³/mol. The second-order valence-corrected chi connectivity index (χ2v) is 2.88. The molecule has 0 aliphatic carbocycles. The van der Waals surface area contributed by atoms with E-state index in [-0.39, 0.29) is 0 Å². The van der Waals surface area contributed by atoms with Gasteiger partial charge in [0.25, 0.3) is 0 Å². The van der Waals surface area contributed by atoms with Crippen LogP contribution in [0, 0.1) is 40.5 Å². The van der Waals surface area contributed by atoms with Crippen LogP contribution >= 0.6 is 0 Å². The van der Waals surface area contributed by atoms with E-state index in [1.165, 1.54) is 0 Å². The Bertz CT molecular complexity index is 316. The summed E-state index contributed by atoms with van der Waals surface area (Å²) in [6.07, 6.45) is -1.42. The topological polar surface area (TPSA) is 173 Å². The predicted octanol–water partition coefficient (Wildman–Crippen LogP) is -0.474. The second kappa shape index (κ2) is 4.41. The van der Waals surface area contributed by atoms with Crippen LogP contribution in [0.5, 0.6) is 0 Å². The van der Waals surface area contributed by atoms with Gasteiger partial charge in [0.05, 0.1) is 0 Å². The van der Waals surface area contributed by atoms with E-state index in [9.17, 15) is 40.5 Å². The first-order valence-electron chi connectivity index (χ1n) is 3.73. The van der Waals surface area contributed by atoms with E-state index in [0.717, 1.165) is 6.92 Å². The quantitative estimate of drug-likeness (QED) is 0.338. The van der Waals surface area contributed by atoms with Crippen molar-refractivity contribution in [2.45, 2.75) is 25.2 Å². The SMILES string of the molecule is CC(CC([N+](=O)[O-])([N+](=O)[O-])[N+](=O)[O-])[N+](=O)[O-]. The molecule has 0 aliphatic rings. The Morgan fingerprint density at radius 2 is 1.25 bits per heavy atom. The van der Waals surface area contributed by atoms with Crippen molar-refractivity contribution in [3.8, 4) is 0 Å². The Labute approximate surface area is 86.4 Å². The largest absolute Gasteiger partial charge is 0.706 e. The van der Waals surface area contributed by atoms with Gasteiger partial charge in [0.15, 0.2) is 14.8 Å². The first kappa shape index (κ1) is 13.6. The molecule has 0 bridgehead atoms. The Morgan fingerprint density at radius 3 is 1.44 bits per heavy atom. The summed E-state index contributed by atoms with van der Waals surface area (Å²) >= 11 is 0. The van der Waals surface area contributed by atoms with Crippen molar-refractivity contribution in [2.24, 2.45) is 0 Å². The molecule has 0 heterocycles. The van der Waals surface area contributed by atoms with Crippen LogP contribution in [-0.2, 0) is 0 Å². The van der Waals surface area contributed by atoms with E-state index in [1.807, 2.05) is 0 Å². The lowest BCUT2D eigenvalue weighted by Gasteiger charge is -2.09. The molecule has 16 heavy (non-hydrogen) atoms. The highest BCUT2D eigenvalue weighted by atomic mass is 16.7. The van der Waals surface area contributed by atoms with Gasteiger partial charge in [0.2, 0.25) is 12.5 Å². The Morgan fingerprint density at radius 1 is 0.938 bits per heavy atom. The molecule has 1 unspecified atom stereocenters. The third-order valence-corrected chi connectivity index (χ3v) is 1.81. The zero-order valence-electron chi connectivity index (χ0n) is 7.84. The van der Waals surface area contributed by atoms with Gasteiger partial charge in [-0.25, -0.2) is 0 Å². The second-order valence-electron chi connectivity index (χ2n) is 2.88. The normalized spacial score (nSPS) is 12.8. The van der Waals surface area contributed by atoms with Crippen LogP contribution in [0.15, 0.2) is 0 Å². The molecule has 0 aromatic carbocycles. The van der Waals surface area contributed by atoms with Crippen molar-refractivity contribution >= 4 is 0 Å². The summed E-state index contributed by atoms with van der Waals surface area (Å²) < 4.78 is 0. The third-order valence-electron chi connectivity index (χ3n) is 1.81. The van der Waals surface area contributed by atoms with E-state index in [4.69, 9.17) is 0 Å². The van der Waals surface area contributed by atoms with Crippen LogP contribution in [0.25, 0.3) is 0 Å². The molecule has 0 spiro atoms. The Hall–Kier alpha value is -2.40. The smallest absolute Gasteiger partial charge is 0.264 e. The van der Waals surface area contributed by atoms with Gasteiger partial charge >= 0.3 is 5.79 Å². The molecule has 12 heteroatoms.